The number of rotatable bonds is 1. The first-order valence-corrected chi connectivity index (χ1v) is 6.63. The molecule has 0 fully saturated rings. The van der Waals surface area contributed by atoms with E-state index >= 15 is 0 Å². The fourth-order valence-corrected chi connectivity index (χ4v) is 1.98. The first-order chi connectivity index (χ1) is 10.7. The fraction of sp³-hybridized carbons (Fsp3) is 0. The highest BCUT2D eigenvalue weighted by molar-refractivity contribution is 5.97. The average Bonchev–Trinajstić information content (AvgIpc) is 2.78. The Kier molecular flexibility index (Phi) is 3.74. The van der Waals surface area contributed by atoms with Gasteiger partial charge in [-0.3, -0.25) is 9.69 Å². The van der Waals surface area contributed by atoms with Gasteiger partial charge in [0.2, 0.25) is 0 Å². The van der Waals surface area contributed by atoms with Crippen molar-refractivity contribution in [2.24, 2.45) is 0 Å². The lowest BCUT2D eigenvalue weighted by Gasteiger charge is -2.12. The summed E-state index contributed by atoms with van der Waals surface area (Å²) < 4.78 is 0. The van der Waals surface area contributed by atoms with Crippen molar-refractivity contribution in [2.75, 3.05) is 0 Å². The minimum absolute atomic E-state index is 0.317. The Morgan fingerprint density at radius 3 is 2.50 bits per heavy atom. The van der Waals surface area contributed by atoms with Crippen molar-refractivity contribution in [3.8, 4) is 0 Å². The van der Waals surface area contributed by atoms with Gasteiger partial charge in [0.25, 0.3) is 5.91 Å². The van der Waals surface area contributed by atoms with Gasteiger partial charge in [0, 0.05) is 23.3 Å². The Bertz CT molecular complexity index is 753. The third kappa shape index (κ3) is 2.90. The number of benzene rings is 1. The largest absolute Gasteiger partial charge is 0.442 e. The maximum absolute atomic E-state index is 12.0. The van der Waals surface area contributed by atoms with Crippen LogP contribution in [0.5, 0.6) is 0 Å². The molecule has 0 saturated carbocycles. The van der Waals surface area contributed by atoms with Crippen LogP contribution in [-0.2, 0) is 4.84 Å². The third-order valence-corrected chi connectivity index (χ3v) is 3.04. The van der Waals surface area contributed by atoms with Crippen LogP contribution in [0.2, 0.25) is 0 Å². The highest BCUT2D eigenvalue weighted by Gasteiger charge is 2.14. The van der Waals surface area contributed by atoms with Crippen molar-refractivity contribution in [3.63, 3.8) is 0 Å². The topological polar surface area (TPSA) is 74.4 Å². The van der Waals surface area contributed by atoms with Crippen LogP contribution < -0.4 is 5.48 Å². The van der Waals surface area contributed by atoms with Gasteiger partial charge in [-0.15, -0.1) is 0 Å². The first kappa shape index (κ1) is 13.7. The highest BCUT2D eigenvalue weighted by atomic mass is 16.7. The van der Waals surface area contributed by atoms with E-state index in [2.05, 4.69) is 10.5 Å². The Morgan fingerprint density at radius 2 is 1.77 bits per heavy atom. The minimum Gasteiger partial charge on any atom is -0.350 e. The minimum atomic E-state index is -0.708. The van der Waals surface area contributed by atoms with Crippen molar-refractivity contribution >= 4 is 22.9 Å². The number of carbonyl (C=O) groups is 2. The van der Waals surface area contributed by atoms with Crippen LogP contribution in [0.15, 0.2) is 67.0 Å². The number of aromatic nitrogens is 1. The number of hydrogen-bond acceptors (Lipinski definition) is 3. The van der Waals surface area contributed by atoms with Crippen LogP contribution in [0.1, 0.15) is 10.5 Å². The molecule has 0 atom stereocenters. The second-order valence-corrected chi connectivity index (χ2v) is 4.54. The van der Waals surface area contributed by atoms with Crippen LogP contribution in [-0.4, -0.2) is 21.9 Å². The fourth-order valence-electron chi connectivity index (χ4n) is 1.98. The van der Waals surface area contributed by atoms with E-state index in [1.807, 2.05) is 24.3 Å². The summed E-state index contributed by atoms with van der Waals surface area (Å²) in [6.45, 7) is 0. The number of H-pyrrole nitrogens is 1. The number of carbonyl (C=O) groups excluding carboxylic acids is 2. The lowest BCUT2D eigenvalue weighted by atomic mass is 10.2. The number of aromatic amines is 1. The quantitative estimate of drug-likeness (QED) is 0.794. The van der Waals surface area contributed by atoms with Gasteiger partial charge in [0.1, 0.15) is 5.69 Å². The molecular formula is C16H13N3O3. The summed E-state index contributed by atoms with van der Waals surface area (Å²) in [5, 5.41) is 0.906. The highest BCUT2D eigenvalue weighted by Crippen LogP contribution is 2.14. The number of amides is 2. The van der Waals surface area contributed by atoms with Gasteiger partial charge in [0.15, 0.2) is 0 Å². The van der Waals surface area contributed by atoms with Crippen molar-refractivity contribution in [3.05, 3.63) is 72.7 Å². The summed E-state index contributed by atoms with van der Waals surface area (Å²) in [4.78, 5) is 32.7. The van der Waals surface area contributed by atoms with Crippen molar-refractivity contribution in [1.82, 2.24) is 15.4 Å². The number of fused-ring (bicyclic) bond motifs is 1. The zero-order valence-corrected chi connectivity index (χ0v) is 11.5. The van der Waals surface area contributed by atoms with Crippen LogP contribution in [0.25, 0.3) is 10.9 Å². The number of nitrogens with one attached hydrogen (secondary N) is 2. The standard InChI is InChI=1S/C16H13N3O3/c20-15(14-11-12-7-3-4-8-13(12)17-14)18-22-16(21)19-9-5-1-2-6-10-19/h1-11,17H,(H,18,20). The molecular weight excluding hydrogens is 282 g/mol. The van der Waals surface area contributed by atoms with E-state index in [0.717, 1.165) is 10.9 Å². The molecule has 0 saturated heterocycles. The number of para-hydroxylation sites is 1. The molecule has 2 heterocycles. The average molecular weight is 295 g/mol. The molecule has 0 aliphatic carbocycles. The molecule has 1 aliphatic rings. The van der Waals surface area contributed by atoms with E-state index in [-0.39, 0.29) is 0 Å². The van der Waals surface area contributed by atoms with Crippen molar-refractivity contribution in [2.45, 2.75) is 0 Å². The molecule has 2 amide bonds. The Labute approximate surface area is 126 Å². The van der Waals surface area contributed by atoms with Gasteiger partial charge in [0.05, 0.1) is 0 Å². The molecule has 2 N–H and O–H groups in total. The van der Waals surface area contributed by atoms with Gasteiger partial charge < -0.3 is 9.82 Å². The number of nitrogens with zero attached hydrogens (tertiary/aromatic N) is 1. The van der Waals surface area contributed by atoms with Crippen molar-refractivity contribution < 1.29 is 14.4 Å². The maximum atomic E-state index is 12.0. The predicted octanol–water partition coefficient (Wildman–Crippen LogP) is 2.85. The molecule has 3 rings (SSSR count). The Morgan fingerprint density at radius 1 is 1.05 bits per heavy atom. The van der Waals surface area contributed by atoms with Gasteiger partial charge in [-0.2, -0.15) is 5.48 Å². The molecule has 2 aromatic rings. The second-order valence-electron chi connectivity index (χ2n) is 4.54. The molecule has 22 heavy (non-hydrogen) atoms. The zero-order chi connectivity index (χ0) is 15.4. The van der Waals surface area contributed by atoms with E-state index in [1.54, 1.807) is 30.4 Å². The molecule has 6 heteroatoms. The molecule has 110 valence electrons. The van der Waals surface area contributed by atoms with Gasteiger partial charge in [-0.05, 0) is 24.3 Å². The predicted molar refractivity (Wildman–Crippen MR) is 81.5 cm³/mol. The summed E-state index contributed by atoms with van der Waals surface area (Å²) >= 11 is 0. The number of hydroxylamine groups is 1. The van der Waals surface area contributed by atoms with E-state index in [4.69, 9.17) is 4.84 Å². The smallest absolute Gasteiger partial charge is 0.350 e. The van der Waals surface area contributed by atoms with Crippen LogP contribution >= 0.6 is 0 Å². The molecule has 1 aromatic carbocycles. The van der Waals surface area contributed by atoms with E-state index in [1.165, 1.54) is 17.3 Å². The summed E-state index contributed by atoms with van der Waals surface area (Å²) in [7, 11) is 0. The zero-order valence-electron chi connectivity index (χ0n) is 11.5. The Hall–Kier alpha value is -3.28. The Balaban J connectivity index is 1.63. The van der Waals surface area contributed by atoms with Crippen molar-refractivity contribution in [1.29, 1.82) is 0 Å². The third-order valence-electron chi connectivity index (χ3n) is 3.04. The van der Waals surface area contributed by atoms with Crippen LogP contribution in [0.3, 0.4) is 0 Å². The molecule has 6 nitrogen and oxygen atoms in total. The lowest BCUT2D eigenvalue weighted by molar-refractivity contribution is 0.0508. The van der Waals surface area contributed by atoms with Crippen LogP contribution in [0, 0.1) is 0 Å². The van der Waals surface area contributed by atoms with Gasteiger partial charge in [-0.1, -0.05) is 30.4 Å². The van der Waals surface area contributed by atoms with E-state index < -0.39 is 12.0 Å². The normalized spacial score (nSPS) is 13.2. The number of allylic oxidation sites excluding steroid dienone is 4. The molecule has 0 bridgehead atoms. The van der Waals surface area contributed by atoms with Gasteiger partial charge in [-0.25, -0.2) is 4.79 Å². The SMILES string of the molecule is O=C(NOC(=O)N1C=CC=CC=C1)c1cc2ccccc2[nH]1. The van der Waals surface area contributed by atoms with E-state index in [0.29, 0.717) is 5.69 Å². The number of hydrogen-bond donors (Lipinski definition) is 2. The molecule has 1 aromatic heterocycles. The second kappa shape index (κ2) is 6.01. The van der Waals surface area contributed by atoms with Gasteiger partial charge >= 0.3 is 6.09 Å². The molecule has 0 unspecified atom stereocenters. The summed E-state index contributed by atoms with van der Waals surface area (Å²) in [6, 6.07) is 9.18. The summed E-state index contributed by atoms with van der Waals surface area (Å²) in [6.07, 6.45) is 9.25. The first-order valence-electron chi connectivity index (χ1n) is 6.63. The lowest BCUT2D eigenvalue weighted by Crippen LogP contribution is -2.32. The summed E-state index contributed by atoms with van der Waals surface area (Å²) in [5.74, 6) is -0.523. The molecule has 0 radical (unpaired) electrons. The monoisotopic (exact) mass is 295 g/mol. The van der Waals surface area contributed by atoms with Crippen LogP contribution in [0.4, 0.5) is 4.79 Å². The summed E-state index contributed by atoms with van der Waals surface area (Å²) in [5.41, 5.74) is 3.28. The molecule has 1 aliphatic heterocycles. The van der Waals surface area contributed by atoms with E-state index in [9.17, 15) is 9.59 Å². The molecule has 0 spiro atoms. The maximum Gasteiger partial charge on any atom is 0.442 e.